The van der Waals surface area contributed by atoms with E-state index in [1.807, 2.05) is 0 Å². The summed E-state index contributed by atoms with van der Waals surface area (Å²) in [7, 11) is 0. The number of esters is 1. The summed E-state index contributed by atoms with van der Waals surface area (Å²) in [6.45, 7) is 6.59. The van der Waals surface area contributed by atoms with Crippen molar-refractivity contribution in [3.05, 3.63) is 29.8 Å². The number of nitrogens with one attached hydrogen (secondary N) is 1. The molecule has 1 N–H and O–H groups in total. The first-order valence-electron chi connectivity index (χ1n) is 11.7. The minimum Gasteiger partial charge on any atom is -0.462 e. The van der Waals surface area contributed by atoms with Crippen LogP contribution in [-0.4, -0.2) is 18.5 Å². The highest BCUT2D eigenvalue weighted by Gasteiger charge is 2.18. The van der Waals surface area contributed by atoms with Crippen LogP contribution >= 0.6 is 0 Å². The van der Waals surface area contributed by atoms with E-state index in [-0.39, 0.29) is 17.8 Å². The lowest BCUT2D eigenvalue weighted by Gasteiger charge is -2.17. The topological polar surface area (TPSA) is 55.4 Å². The Morgan fingerprint density at radius 2 is 1.31 bits per heavy atom. The van der Waals surface area contributed by atoms with Crippen LogP contribution in [-0.2, 0) is 9.53 Å². The lowest BCUT2D eigenvalue weighted by atomic mass is 9.93. The molecule has 29 heavy (non-hydrogen) atoms. The van der Waals surface area contributed by atoms with Crippen molar-refractivity contribution >= 4 is 17.6 Å². The molecule has 0 aliphatic rings. The lowest BCUT2D eigenvalue weighted by Crippen LogP contribution is -2.23. The monoisotopic (exact) mass is 403 g/mol. The van der Waals surface area contributed by atoms with Gasteiger partial charge in [-0.2, -0.15) is 0 Å². The first kappa shape index (κ1) is 25.2. The third-order valence-corrected chi connectivity index (χ3v) is 5.35. The average molecular weight is 404 g/mol. The van der Waals surface area contributed by atoms with Crippen LogP contribution in [0.1, 0.15) is 108 Å². The maximum atomic E-state index is 12.9. The third-order valence-electron chi connectivity index (χ3n) is 5.35. The fraction of sp³-hybridized carbons (Fsp3) is 0.680. The molecule has 0 heterocycles. The van der Waals surface area contributed by atoms with Gasteiger partial charge in [0.1, 0.15) is 0 Å². The second-order valence-corrected chi connectivity index (χ2v) is 7.89. The van der Waals surface area contributed by atoms with E-state index >= 15 is 0 Å². The molecule has 0 aromatic heterocycles. The summed E-state index contributed by atoms with van der Waals surface area (Å²) >= 11 is 0. The van der Waals surface area contributed by atoms with E-state index in [0.29, 0.717) is 12.2 Å². The molecule has 0 spiro atoms. The Bertz CT molecular complexity index is 568. The summed E-state index contributed by atoms with van der Waals surface area (Å²) in [5.74, 6) is -0.149. The van der Waals surface area contributed by atoms with E-state index in [9.17, 15) is 9.59 Å². The van der Waals surface area contributed by atoms with Crippen molar-refractivity contribution in [1.29, 1.82) is 0 Å². The summed E-state index contributed by atoms with van der Waals surface area (Å²) in [6.07, 6.45) is 14.2. The molecule has 164 valence electrons. The van der Waals surface area contributed by atoms with Crippen molar-refractivity contribution in [3.63, 3.8) is 0 Å². The number of carbonyl (C=O) groups excluding carboxylic acids is 2. The van der Waals surface area contributed by atoms with Crippen molar-refractivity contribution in [1.82, 2.24) is 0 Å². The number of rotatable bonds is 16. The zero-order chi connectivity index (χ0) is 21.3. The second-order valence-electron chi connectivity index (χ2n) is 7.89. The van der Waals surface area contributed by atoms with Gasteiger partial charge in [0.15, 0.2) is 0 Å². The first-order valence-corrected chi connectivity index (χ1v) is 11.7. The normalized spacial score (nSPS) is 11.8. The van der Waals surface area contributed by atoms with E-state index in [1.165, 1.54) is 51.4 Å². The van der Waals surface area contributed by atoms with Crippen molar-refractivity contribution in [2.45, 2.75) is 97.8 Å². The lowest BCUT2D eigenvalue weighted by molar-refractivity contribution is -0.120. The standard InChI is InChI=1S/C25H41NO3/c1-4-7-9-11-12-14-16-21(15-13-10-8-5-2)24(27)26-23-19-17-22(18-20-23)25(28)29-6-3/h17-21H,4-16H2,1-3H3,(H,26,27). The zero-order valence-electron chi connectivity index (χ0n) is 18.8. The summed E-state index contributed by atoms with van der Waals surface area (Å²) in [5.41, 5.74) is 1.25. The first-order chi connectivity index (χ1) is 14.1. The van der Waals surface area contributed by atoms with Gasteiger partial charge in [-0.25, -0.2) is 4.79 Å². The Balaban J connectivity index is 2.55. The molecule has 1 rings (SSSR count). The number of carbonyl (C=O) groups is 2. The number of unbranched alkanes of at least 4 members (excludes halogenated alkanes) is 8. The van der Waals surface area contributed by atoms with E-state index < -0.39 is 0 Å². The Labute approximate surface area is 177 Å². The van der Waals surface area contributed by atoms with Gasteiger partial charge in [-0.05, 0) is 44.0 Å². The van der Waals surface area contributed by atoms with Crippen LogP contribution in [0, 0.1) is 5.92 Å². The molecule has 1 aromatic carbocycles. The molecule has 1 aromatic rings. The molecular formula is C25H41NO3. The van der Waals surface area contributed by atoms with Gasteiger partial charge in [0.2, 0.25) is 5.91 Å². The van der Waals surface area contributed by atoms with Gasteiger partial charge in [0, 0.05) is 11.6 Å². The molecule has 0 radical (unpaired) electrons. The predicted molar refractivity (Wildman–Crippen MR) is 121 cm³/mol. The summed E-state index contributed by atoms with van der Waals surface area (Å²) in [5, 5.41) is 3.05. The molecule has 4 heteroatoms. The van der Waals surface area contributed by atoms with Gasteiger partial charge in [-0.1, -0.05) is 78.1 Å². The number of ether oxygens (including phenoxy) is 1. The summed E-state index contributed by atoms with van der Waals surface area (Å²) < 4.78 is 5.00. The molecule has 1 unspecified atom stereocenters. The van der Waals surface area contributed by atoms with Gasteiger partial charge >= 0.3 is 5.97 Å². The van der Waals surface area contributed by atoms with Crippen LogP contribution in [0.15, 0.2) is 24.3 Å². The van der Waals surface area contributed by atoms with E-state index in [2.05, 4.69) is 19.2 Å². The Morgan fingerprint density at radius 1 is 0.793 bits per heavy atom. The van der Waals surface area contributed by atoms with E-state index in [4.69, 9.17) is 4.74 Å². The van der Waals surface area contributed by atoms with Gasteiger partial charge in [0.05, 0.1) is 12.2 Å². The Hall–Kier alpha value is -1.84. The number of hydrogen-bond acceptors (Lipinski definition) is 3. The van der Waals surface area contributed by atoms with Crippen LogP contribution in [0.25, 0.3) is 0 Å². The van der Waals surface area contributed by atoms with Crippen LogP contribution in [0.4, 0.5) is 5.69 Å². The summed E-state index contributed by atoms with van der Waals surface area (Å²) in [6, 6.07) is 6.97. The molecule has 1 atom stereocenters. The van der Waals surface area contributed by atoms with Gasteiger partial charge in [-0.15, -0.1) is 0 Å². The largest absolute Gasteiger partial charge is 0.462 e. The van der Waals surface area contributed by atoms with Gasteiger partial charge in [0.25, 0.3) is 0 Å². The van der Waals surface area contributed by atoms with Gasteiger partial charge in [-0.3, -0.25) is 4.79 Å². The quantitative estimate of drug-likeness (QED) is 0.236. The van der Waals surface area contributed by atoms with E-state index in [1.54, 1.807) is 31.2 Å². The van der Waals surface area contributed by atoms with Crippen LogP contribution in [0.5, 0.6) is 0 Å². The minimum absolute atomic E-state index is 0.0720. The van der Waals surface area contributed by atoms with Crippen molar-refractivity contribution in [3.8, 4) is 0 Å². The molecule has 0 saturated carbocycles. The predicted octanol–water partition coefficient (Wildman–Crippen LogP) is 7.14. The van der Waals surface area contributed by atoms with Gasteiger partial charge < -0.3 is 10.1 Å². The van der Waals surface area contributed by atoms with E-state index in [0.717, 1.165) is 31.4 Å². The third kappa shape index (κ3) is 11.1. The fourth-order valence-corrected chi connectivity index (χ4v) is 3.54. The SMILES string of the molecule is CCCCCCCCC(CCCCCC)C(=O)Nc1ccc(C(=O)OCC)cc1. The maximum Gasteiger partial charge on any atom is 0.338 e. The second kappa shape index (κ2) is 16.0. The Morgan fingerprint density at radius 3 is 1.86 bits per heavy atom. The smallest absolute Gasteiger partial charge is 0.338 e. The summed E-state index contributed by atoms with van der Waals surface area (Å²) in [4.78, 5) is 24.6. The molecule has 4 nitrogen and oxygen atoms in total. The zero-order valence-corrected chi connectivity index (χ0v) is 18.8. The highest BCUT2D eigenvalue weighted by atomic mass is 16.5. The number of amides is 1. The van der Waals surface area contributed by atoms with Crippen molar-refractivity contribution < 1.29 is 14.3 Å². The molecular weight excluding hydrogens is 362 g/mol. The minimum atomic E-state index is -0.331. The number of benzene rings is 1. The average Bonchev–Trinajstić information content (AvgIpc) is 2.72. The van der Waals surface area contributed by atoms with Crippen molar-refractivity contribution in [2.24, 2.45) is 5.92 Å². The number of anilines is 1. The molecule has 0 bridgehead atoms. The van der Waals surface area contributed by atoms with Crippen LogP contribution < -0.4 is 5.32 Å². The van der Waals surface area contributed by atoms with Crippen molar-refractivity contribution in [2.75, 3.05) is 11.9 Å². The number of hydrogen-bond donors (Lipinski definition) is 1. The highest BCUT2D eigenvalue weighted by Crippen LogP contribution is 2.21. The molecule has 0 fully saturated rings. The molecule has 0 aliphatic heterocycles. The van der Waals surface area contributed by atoms with Crippen LogP contribution in [0.3, 0.4) is 0 Å². The van der Waals surface area contributed by atoms with Crippen LogP contribution in [0.2, 0.25) is 0 Å². The Kier molecular flexibility index (Phi) is 13.9. The molecule has 1 amide bonds. The maximum absolute atomic E-state index is 12.9. The molecule has 0 saturated heterocycles. The molecule has 0 aliphatic carbocycles. The fourth-order valence-electron chi connectivity index (χ4n) is 3.54. The highest BCUT2D eigenvalue weighted by molar-refractivity contribution is 5.94.